The standard InChI is InChI=1S/C41H38FNO7S/c1-29-20-22-33(23-21-29)51(45,46)43-24-35(34-18-11-19-36(42)38(34)43)41(44)40(49-27-32-16-9-4-10-17-32)39(48-26-31-14-7-3-8-15-31)37(28-50-41)47-25-30-12-5-2-6-13-30/h2-24,37,39-40,44H,25-28H2,1H3/t37-,39+,40-,41?/m1/s1. The van der Waals surface area contributed by atoms with Gasteiger partial charge in [-0.3, -0.25) is 0 Å². The number of aliphatic hydroxyl groups is 1. The van der Waals surface area contributed by atoms with Gasteiger partial charge >= 0.3 is 0 Å². The number of halogens is 1. The summed E-state index contributed by atoms with van der Waals surface area (Å²) in [5.74, 6) is -3.08. The molecule has 0 bridgehead atoms. The Hall–Kier alpha value is -4.68. The zero-order chi connectivity index (χ0) is 35.4. The van der Waals surface area contributed by atoms with Gasteiger partial charge in [0.15, 0.2) is 0 Å². The van der Waals surface area contributed by atoms with E-state index in [-0.39, 0.29) is 47.8 Å². The van der Waals surface area contributed by atoms with Crippen LogP contribution in [0.4, 0.5) is 4.39 Å². The molecule has 1 saturated heterocycles. The number of nitrogens with zero attached hydrogens (tertiary/aromatic N) is 1. The molecule has 0 radical (unpaired) electrons. The molecule has 6 aromatic rings. The number of benzene rings is 5. The van der Waals surface area contributed by atoms with Gasteiger partial charge in [0.05, 0.1) is 31.3 Å². The van der Waals surface area contributed by atoms with Crippen molar-refractivity contribution < 1.29 is 36.9 Å². The van der Waals surface area contributed by atoms with Gasteiger partial charge in [-0.05, 0) is 41.8 Å². The maximum absolute atomic E-state index is 15.8. The minimum atomic E-state index is -4.32. The Morgan fingerprint density at radius 1 is 0.745 bits per heavy atom. The van der Waals surface area contributed by atoms with Gasteiger partial charge < -0.3 is 24.1 Å². The fourth-order valence-electron chi connectivity index (χ4n) is 6.39. The quantitative estimate of drug-likeness (QED) is 0.143. The Bertz CT molecular complexity index is 2180. The van der Waals surface area contributed by atoms with Crippen molar-refractivity contribution in [3.63, 3.8) is 0 Å². The minimum absolute atomic E-state index is 0.0144. The Balaban J connectivity index is 1.34. The van der Waals surface area contributed by atoms with Crippen molar-refractivity contribution in [1.82, 2.24) is 3.97 Å². The van der Waals surface area contributed by atoms with E-state index in [2.05, 4.69) is 0 Å². The molecular formula is C41H38FNO7S. The van der Waals surface area contributed by atoms with Crippen LogP contribution in [0.5, 0.6) is 0 Å². The van der Waals surface area contributed by atoms with Crippen LogP contribution in [0.2, 0.25) is 0 Å². The van der Waals surface area contributed by atoms with E-state index in [1.807, 2.05) is 97.9 Å². The second kappa shape index (κ2) is 14.9. The lowest BCUT2D eigenvalue weighted by Gasteiger charge is -2.46. The largest absolute Gasteiger partial charge is 0.368 e. The first kappa shape index (κ1) is 34.8. The Kier molecular flexibility index (Phi) is 10.1. The van der Waals surface area contributed by atoms with Crippen molar-refractivity contribution in [1.29, 1.82) is 0 Å². The number of fused-ring (bicyclic) bond motifs is 1. The van der Waals surface area contributed by atoms with Crippen molar-refractivity contribution in [2.24, 2.45) is 0 Å². The first-order valence-corrected chi connectivity index (χ1v) is 18.1. The maximum atomic E-state index is 15.8. The molecule has 8 nitrogen and oxygen atoms in total. The average molecular weight is 708 g/mol. The van der Waals surface area contributed by atoms with Crippen LogP contribution in [-0.4, -0.2) is 42.4 Å². The molecule has 0 amide bonds. The van der Waals surface area contributed by atoms with Crippen LogP contribution in [0.3, 0.4) is 0 Å². The summed E-state index contributed by atoms with van der Waals surface area (Å²) in [6.45, 7) is 2.17. The first-order chi connectivity index (χ1) is 24.7. The number of para-hydroxylation sites is 1. The Morgan fingerprint density at radius 2 is 1.29 bits per heavy atom. The van der Waals surface area contributed by atoms with E-state index >= 15 is 4.39 Å². The average Bonchev–Trinajstić information content (AvgIpc) is 3.57. The molecule has 0 saturated carbocycles. The lowest BCUT2D eigenvalue weighted by atomic mass is 9.90. The predicted molar refractivity (Wildman–Crippen MR) is 191 cm³/mol. The molecule has 1 fully saturated rings. The Labute approximate surface area is 296 Å². The number of aromatic nitrogens is 1. The highest BCUT2D eigenvalue weighted by molar-refractivity contribution is 7.90. The smallest absolute Gasteiger partial charge is 0.268 e. The van der Waals surface area contributed by atoms with Gasteiger partial charge in [0.1, 0.15) is 29.6 Å². The van der Waals surface area contributed by atoms with Crippen molar-refractivity contribution in [2.75, 3.05) is 6.61 Å². The third kappa shape index (κ3) is 7.25. The summed E-state index contributed by atoms with van der Waals surface area (Å²) in [7, 11) is -4.32. The summed E-state index contributed by atoms with van der Waals surface area (Å²) in [5.41, 5.74) is 3.30. The van der Waals surface area contributed by atoms with Crippen LogP contribution in [0.15, 0.2) is 145 Å². The number of rotatable bonds is 12. The molecule has 1 aliphatic rings. The van der Waals surface area contributed by atoms with Crippen LogP contribution in [0.1, 0.15) is 27.8 Å². The first-order valence-electron chi connectivity index (χ1n) is 16.7. The highest BCUT2D eigenvalue weighted by atomic mass is 32.2. The van der Waals surface area contributed by atoms with Gasteiger partial charge in [-0.25, -0.2) is 16.8 Å². The molecule has 0 aliphatic carbocycles. The topological polar surface area (TPSA) is 96.2 Å². The number of ether oxygens (including phenoxy) is 4. The minimum Gasteiger partial charge on any atom is -0.368 e. The lowest BCUT2D eigenvalue weighted by Crippen LogP contribution is -2.61. The normalized spacial score (nSPS) is 20.8. The number of hydrogen-bond donors (Lipinski definition) is 1. The fraction of sp³-hybridized carbons (Fsp3) is 0.220. The SMILES string of the molecule is Cc1ccc(S(=O)(=O)n2cc(C3(O)OC[C@@H](OCc4ccccc4)[C@H](OCc4ccccc4)[C@H]3OCc3ccccc3)c3cccc(F)c32)cc1. The molecule has 5 aromatic carbocycles. The van der Waals surface area contributed by atoms with E-state index in [1.165, 1.54) is 30.5 Å². The fourth-order valence-corrected chi connectivity index (χ4v) is 7.77. The molecule has 51 heavy (non-hydrogen) atoms. The van der Waals surface area contributed by atoms with Crippen LogP contribution < -0.4 is 0 Å². The molecule has 1 N–H and O–H groups in total. The molecule has 1 unspecified atom stereocenters. The van der Waals surface area contributed by atoms with Gasteiger partial charge in [0.25, 0.3) is 10.0 Å². The third-order valence-corrected chi connectivity index (χ3v) is 10.8. The molecular weight excluding hydrogens is 670 g/mol. The van der Waals surface area contributed by atoms with E-state index in [0.717, 1.165) is 26.2 Å². The summed E-state index contributed by atoms with van der Waals surface area (Å²) in [6.07, 6.45) is -1.67. The molecule has 7 rings (SSSR count). The van der Waals surface area contributed by atoms with E-state index in [1.54, 1.807) is 18.2 Å². The van der Waals surface area contributed by atoms with E-state index in [0.29, 0.717) is 0 Å². The van der Waals surface area contributed by atoms with Gasteiger partial charge in [0.2, 0.25) is 5.79 Å². The lowest BCUT2D eigenvalue weighted by molar-refractivity contribution is -0.351. The van der Waals surface area contributed by atoms with Crippen molar-refractivity contribution in [2.45, 2.75) is 55.7 Å². The monoisotopic (exact) mass is 707 g/mol. The van der Waals surface area contributed by atoms with E-state index in [4.69, 9.17) is 18.9 Å². The van der Waals surface area contributed by atoms with Crippen molar-refractivity contribution >= 4 is 20.9 Å². The third-order valence-electron chi connectivity index (χ3n) is 9.09. The predicted octanol–water partition coefficient (Wildman–Crippen LogP) is 7.26. The number of hydrogen-bond acceptors (Lipinski definition) is 7. The van der Waals surface area contributed by atoms with Gasteiger partial charge in [-0.2, -0.15) is 0 Å². The van der Waals surface area contributed by atoms with Gasteiger partial charge in [0, 0.05) is 17.1 Å². The highest BCUT2D eigenvalue weighted by Gasteiger charge is 2.55. The van der Waals surface area contributed by atoms with Crippen molar-refractivity contribution in [3.05, 3.63) is 173 Å². The second-order valence-electron chi connectivity index (χ2n) is 12.6. The maximum Gasteiger partial charge on any atom is 0.268 e. The molecule has 0 spiro atoms. The molecule has 1 aliphatic heterocycles. The van der Waals surface area contributed by atoms with Crippen LogP contribution >= 0.6 is 0 Å². The second-order valence-corrected chi connectivity index (χ2v) is 14.4. The summed E-state index contributed by atoms with van der Waals surface area (Å²) in [5, 5.41) is 13.0. The summed E-state index contributed by atoms with van der Waals surface area (Å²) in [6, 6.07) is 39.1. The van der Waals surface area contributed by atoms with E-state index in [9.17, 15) is 13.5 Å². The van der Waals surface area contributed by atoms with Gasteiger partial charge in [-0.15, -0.1) is 0 Å². The van der Waals surface area contributed by atoms with Crippen LogP contribution in [-0.2, 0) is 54.6 Å². The number of aryl methyl sites for hydroxylation is 1. The zero-order valence-corrected chi connectivity index (χ0v) is 28.8. The molecule has 10 heteroatoms. The zero-order valence-electron chi connectivity index (χ0n) is 28.0. The molecule has 1 aromatic heterocycles. The summed E-state index contributed by atoms with van der Waals surface area (Å²) < 4.78 is 70.7. The Morgan fingerprint density at radius 3 is 1.88 bits per heavy atom. The molecule has 4 atom stereocenters. The molecule has 2 heterocycles. The van der Waals surface area contributed by atoms with E-state index < -0.39 is 39.9 Å². The van der Waals surface area contributed by atoms with Gasteiger partial charge in [-0.1, -0.05) is 121 Å². The highest BCUT2D eigenvalue weighted by Crippen LogP contribution is 2.43. The van der Waals surface area contributed by atoms with Crippen LogP contribution in [0.25, 0.3) is 10.9 Å². The van der Waals surface area contributed by atoms with Crippen LogP contribution in [0, 0.1) is 12.7 Å². The van der Waals surface area contributed by atoms with Crippen molar-refractivity contribution in [3.8, 4) is 0 Å². The summed E-state index contributed by atoms with van der Waals surface area (Å²) in [4.78, 5) is -0.0355. The molecule has 262 valence electrons. The summed E-state index contributed by atoms with van der Waals surface area (Å²) >= 11 is 0.